The fourth-order valence-electron chi connectivity index (χ4n) is 9.36. The Balaban J connectivity index is 1.04. The van der Waals surface area contributed by atoms with E-state index in [0.717, 1.165) is 18.2 Å². The maximum absolute atomic E-state index is 14.3. The molecule has 0 saturated heterocycles. The van der Waals surface area contributed by atoms with E-state index in [1.807, 2.05) is 0 Å². The van der Waals surface area contributed by atoms with Crippen LogP contribution in [-0.2, 0) is 45.5 Å². The van der Waals surface area contributed by atoms with E-state index in [0.29, 0.717) is 45.3 Å². The number of aromatic nitrogens is 1. The molecule has 3 aliphatic rings. The van der Waals surface area contributed by atoms with Crippen LogP contribution in [0.15, 0.2) is 127 Å². The zero-order valence-corrected chi connectivity index (χ0v) is 47.3. The van der Waals surface area contributed by atoms with E-state index in [1.54, 1.807) is 92.7 Å². The number of carbonyl (C=O) groups is 7. The molecule has 8 N–H and O–H groups in total. The number of aromatic amines is 1. The number of fused-ring (bicyclic) bond motifs is 23. The van der Waals surface area contributed by atoms with Gasteiger partial charge in [0.25, 0.3) is 5.91 Å². The number of carboxylic acids is 1. The minimum Gasteiger partial charge on any atom is -0.480 e. The molecule has 6 amide bonds. The van der Waals surface area contributed by atoms with Crippen LogP contribution >= 0.6 is 20.2 Å². The van der Waals surface area contributed by atoms with Gasteiger partial charge >= 0.3 is 216 Å². The van der Waals surface area contributed by atoms with Gasteiger partial charge in [-0.1, -0.05) is 68.3 Å². The summed E-state index contributed by atoms with van der Waals surface area (Å²) >= 11 is -3.92. The van der Waals surface area contributed by atoms with Gasteiger partial charge < -0.3 is 31.4 Å². The van der Waals surface area contributed by atoms with Crippen LogP contribution in [0.1, 0.15) is 94.3 Å². The number of para-hydroxylation sites is 1. The smallest absolute Gasteiger partial charge is 0.480 e. The average molecular weight is 1270 g/mol. The quantitative estimate of drug-likeness (QED) is 0.0352. The molecule has 1 aromatic heterocycles. The van der Waals surface area contributed by atoms with Gasteiger partial charge in [0, 0.05) is 41.4 Å². The first-order chi connectivity index (χ1) is 39.9. The molecule has 0 fully saturated rings. The standard InChI is InChI=1S/C61H56F6IN7O9/c1-35(2)51-57(81)70-36(3)52(76)73-49(33-39-13-5-4-6-14-39)56(80)74-50(58(82)83)34-43-42-15-7-10-18-46(42)71-47(43)29-24-37-20-25-40(26-21-37)53(77)69-32-12-11-19-48(55(79)75-51)72-54(78)41-27-22-38(23-28-41)30-31-68-45-17-9-8-16-44(45)59(84-68,60(62,63)64)61(65,66)67/h4-10,13-18,20-23,25-28,35-36,48-51,71H,11-12,19,32-34H2,1-3H3,(H,69,77)(H,70,81)(H,72,78)(H,73,76)(H,74,80)(H,75,79)(H,82,83)/t36-,48-,49-,50-,51-/m0/s1. The third kappa shape index (κ3) is 14.2. The maximum atomic E-state index is 14.3. The molecule has 23 heteroatoms. The molecule has 9 rings (SSSR count). The predicted molar refractivity (Wildman–Crippen MR) is 305 cm³/mol. The van der Waals surface area contributed by atoms with Crippen LogP contribution in [0.3, 0.4) is 0 Å². The summed E-state index contributed by atoms with van der Waals surface area (Å²) < 4.78 is 92.4. The Morgan fingerprint density at radius 3 is 2.11 bits per heavy atom. The van der Waals surface area contributed by atoms with Crippen LogP contribution in [0.4, 0.5) is 26.3 Å². The summed E-state index contributed by atoms with van der Waals surface area (Å²) in [6.45, 7) is 4.75. The molecule has 5 aromatic carbocycles. The zero-order valence-electron chi connectivity index (χ0n) is 45.2. The fourth-order valence-corrected chi connectivity index (χ4v) is 13.6. The van der Waals surface area contributed by atoms with Crippen LogP contribution in [0.2, 0.25) is 0 Å². The van der Waals surface area contributed by atoms with E-state index < -0.39 is 121 Å². The number of halogens is 7. The summed E-state index contributed by atoms with van der Waals surface area (Å²) in [5.74, 6) is 2.27. The van der Waals surface area contributed by atoms with Gasteiger partial charge in [-0.05, 0) is 60.2 Å². The molecular weight excluding hydrogens is 1220 g/mol. The second kappa shape index (κ2) is 26.3. The minimum atomic E-state index is -5.85. The number of nitrogens with one attached hydrogen (secondary N) is 7. The fraction of sp³-hybridized carbons (Fsp3) is 0.295. The molecule has 5 atom stereocenters. The molecule has 0 radical (unpaired) electrons. The Hall–Kier alpha value is -8.68. The van der Waals surface area contributed by atoms with Crippen molar-refractivity contribution in [2.24, 2.45) is 5.92 Å². The number of hydrogen-bond acceptors (Lipinski definition) is 8. The van der Waals surface area contributed by atoms with Crippen molar-refractivity contribution in [1.29, 1.82) is 0 Å². The second-order valence-electron chi connectivity index (χ2n) is 20.2. The molecule has 6 aromatic rings. The normalized spacial score (nSPS) is 20.6. The summed E-state index contributed by atoms with van der Waals surface area (Å²) in [4.78, 5) is 99.9. The van der Waals surface area contributed by atoms with Gasteiger partial charge in [0.05, 0.1) is 5.69 Å². The summed E-state index contributed by atoms with van der Waals surface area (Å²) in [5.41, 5.74) is -2.51. The number of hydrogen-bond donors (Lipinski definition) is 8. The number of carboxylic acid groups (broad SMARTS) is 1. The number of carbonyl (C=O) groups excluding carboxylic acids is 6. The van der Waals surface area contributed by atoms with Crippen molar-refractivity contribution < 1.29 is 68.1 Å². The van der Waals surface area contributed by atoms with Crippen LogP contribution < -0.4 is 31.9 Å². The van der Waals surface area contributed by atoms with Crippen molar-refractivity contribution in [3.63, 3.8) is 0 Å². The molecule has 0 saturated carbocycles. The van der Waals surface area contributed by atoms with Crippen molar-refractivity contribution in [2.45, 2.75) is 101 Å². The first kappa shape index (κ1) is 61.4. The molecule has 4 heterocycles. The molecule has 2 bridgehead atoms. The van der Waals surface area contributed by atoms with Crippen molar-refractivity contribution >= 4 is 72.5 Å². The molecule has 438 valence electrons. The Kier molecular flexibility index (Phi) is 19.2. The Bertz CT molecular complexity index is 3580. The SMILES string of the molecule is CC(C)[C@@H]1NC(=O)[C@@H](NC(=O)c2ccc(C#CI3OC(C(F)(F)F)(C(F)(F)F)c4ccccc43)cc2)CCCCNC(=O)c2ccc(cc2)C#Cc2[nH]c3ccccc3c2C[C@@H](C(=O)O)NC(=O)[C@H](Cc2ccccc2)NC(=O)[C@H](C)NC1=O. The van der Waals surface area contributed by atoms with Gasteiger partial charge in [-0.25, -0.2) is 4.79 Å². The molecule has 3 aliphatic heterocycles. The van der Waals surface area contributed by atoms with Gasteiger partial charge in [-0.15, -0.1) is 0 Å². The van der Waals surface area contributed by atoms with Crippen LogP contribution in [0, 0.1) is 31.2 Å². The Morgan fingerprint density at radius 2 is 1.43 bits per heavy atom. The first-order valence-electron chi connectivity index (χ1n) is 26.5. The van der Waals surface area contributed by atoms with Crippen LogP contribution in [-0.4, -0.2) is 101 Å². The molecule has 0 aliphatic carbocycles. The van der Waals surface area contributed by atoms with Crippen LogP contribution in [0.25, 0.3) is 10.9 Å². The summed E-state index contributed by atoms with van der Waals surface area (Å²) in [6.07, 6.45) is -11.5. The van der Waals surface area contributed by atoms with E-state index in [9.17, 15) is 65.0 Å². The second-order valence-corrected chi connectivity index (χ2v) is 23.8. The first-order valence-corrected chi connectivity index (χ1v) is 29.5. The third-order valence-corrected chi connectivity index (χ3v) is 17.8. The number of H-pyrrole nitrogens is 1. The van der Waals surface area contributed by atoms with Gasteiger partial charge in [0.1, 0.15) is 18.1 Å². The molecular formula is C61H56F6IN7O9. The van der Waals surface area contributed by atoms with Gasteiger partial charge in [0.2, 0.25) is 17.7 Å². The molecule has 16 nitrogen and oxygen atoms in total. The monoisotopic (exact) mass is 1270 g/mol. The average Bonchev–Trinajstić information content (AvgIpc) is 1.72. The topological polar surface area (TPSA) is 237 Å². The van der Waals surface area contributed by atoms with Crippen molar-refractivity contribution in [2.75, 3.05) is 6.54 Å². The van der Waals surface area contributed by atoms with E-state index in [2.05, 4.69) is 58.6 Å². The molecule has 0 spiro atoms. The van der Waals surface area contributed by atoms with Crippen molar-refractivity contribution in [3.05, 3.63) is 176 Å². The third-order valence-electron chi connectivity index (χ3n) is 13.9. The minimum absolute atomic E-state index is 0.0208. The van der Waals surface area contributed by atoms with E-state index >= 15 is 0 Å². The zero-order chi connectivity index (χ0) is 60.5. The summed E-state index contributed by atoms with van der Waals surface area (Å²) in [6, 6.07) is 24.8. The summed E-state index contributed by atoms with van der Waals surface area (Å²) in [7, 11) is 0. The van der Waals surface area contributed by atoms with Crippen LogP contribution in [0.5, 0.6) is 0 Å². The summed E-state index contributed by atoms with van der Waals surface area (Å²) in [5, 5.41) is 27.2. The van der Waals surface area contributed by atoms with Gasteiger partial charge in [-0.3, -0.25) is 19.2 Å². The number of benzene rings is 5. The van der Waals surface area contributed by atoms with Crippen molar-refractivity contribution in [3.8, 4) is 21.7 Å². The number of alkyl halides is 6. The van der Waals surface area contributed by atoms with Gasteiger partial charge in [-0.2, -0.15) is 0 Å². The number of rotatable bonds is 6. The van der Waals surface area contributed by atoms with E-state index in [-0.39, 0.29) is 46.9 Å². The molecule has 0 unspecified atom stereocenters. The Labute approximate surface area is 486 Å². The number of amides is 6. The predicted octanol–water partition coefficient (Wildman–Crippen LogP) is 7.72. The van der Waals surface area contributed by atoms with E-state index in [1.165, 1.54) is 37.3 Å². The Morgan fingerprint density at radius 1 is 0.762 bits per heavy atom. The molecule has 84 heavy (non-hydrogen) atoms. The van der Waals surface area contributed by atoms with E-state index in [4.69, 9.17) is 3.07 Å². The number of aliphatic carboxylic acids is 1. The van der Waals surface area contributed by atoms with Crippen molar-refractivity contribution in [1.82, 2.24) is 36.9 Å². The van der Waals surface area contributed by atoms with Gasteiger partial charge in [0.15, 0.2) is 0 Å².